The van der Waals surface area contributed by atoms with Crippen LogP contribution in [0.2, 0.25) is 0 Å². The van der Waals surface area contributed by atoms with E-state index in [1.165, 1.54) is 7.11 Å². The minimum Gasteiger partial charge on any atom is -0.481 e. The molecule has 5 heterocycles. The average Bonchev–Trinajstić information content (AvgIpc) is 3.85. The summed E-state index contributed by atoms with van der Waals surface area (Å²) in [5.74, 6) is -4.24. The van der Waals surface area contributed by atoms with Gasteiger partial charge in [-0.25, -0.2) is 0 Å². The molecule has 0 saturated carbocycles. The first kappa shape index (κ1) is 41.9. The zero-order valence-corrected chi connectivity index (χ0v) is 34.1. The molecular formula is C43H68O11. The van der Waals surface area contributed by atoms with Crippen LogP contribution in [0.15, 0.2) is 30.3 Å². The highest BCUT2D eigenvalue weighted by molar-refractivity contribution is 5.70. The molecule has 11 nitrogen and oxygen atoms in total. The van der Waals surface area contributed by atoms with Crippen LogP contribution in [0.25, 0.3) is 0 Å². The van der Waals surface area contributed by atoms with E-state index >= 15 is 0 Å². The molecule has 11 heteroatoms. The predicted molar refractivity (Wildman–Crippen MR) is 201 cm³/mol. The lowest BCUT2D eigenvalue weighted by atomic mass is 9.78. The fourth-order valence-electron chi connectivity index (χ4n) is 10.8. The van der Waals surface area contributed by atoms with Crippen molar-refractivity contribution in [1.82, 2.24) is 0 Å². The molecule has 1 spiro atoms. The number of carboxylic acids is 1. The second kappa shape index (κ2) is 16.3. The first-order chi connectivity index (χ1) is 25.5. The third-order valence-electron chi connectivity index (χ3n) is 14.2. The molecule has 6 rings (SSSR count). The summed E-state index contributed by atoms with van der Waals surface area (Å²) in [5, 5.41) is 32.9. The lowest BCUT2D eigenvalue weighted by Gasteiger charge is -2.49. The maximum atomic E-state index is 11.9. The Hall–Kier alpha value is -1.67. The van der Waals surface area contributed by atoms with E-state index in [-0.39, 0.29) is 60.6 Å². The van der Waals surface area contributed by atoms with Crippen LogP contribution in [-0.4, -0.2) is 101 Å². The molecule has 54 heavy (non-hydrogen) atoms. The number of rotatable bonds is 13. The van der Waals surface area contributed by atoms with Gasteiger partial charge in [-0.1, -0.05) is 71.9 Å². The Balaban J connectivity index is 1.11. The summed E-state index contributed by atoms with van der Waals surface area (Å²) in [6.07, 6.45) is 3.21. The van der Waals surface area contributed by atoms with Crippen molar-refractivity contribution in [2.24, 2.45) is 35.5 Å². The number of benzene rings is 1. The van der Waals surface area contributed by atoms with Gasteiger partial charge in [0.15, 0.2) is 11.6 Å². The number of carboxylic acid groups (broad SMARTS) is 1. The van der Waals surface area contributed by atoms with Crippen molar-refractivity contribution < 1.29 is 53.3 Å². The van der Waals surface area contributed by atoms with E-state index in [1.807, 2.05) is 51.1 Å². The van der Waals surface area contributed by atoms with Crippen LogP contribution in [0, 0.1) is 35.5 Å². The van der Waals surface area contributed by atoms with Crippen molar-refractivity contribution in [1.29, 1.82) is 0 Å². The Morgan fingerprint density at radius 1 is 1.00 bits per heavy atom. The molecule has 0 bridgehead atoms. The van der Waals surface area contributed by atoms with Gasteiger partial charge in [0, 0.05) is 37.7 Å². The van der Waals surface area contributed by atoms with E-state index in [9.17, 15) is 20.1 Å². The van der Waals surface area contributed by atoms with Crippen LogP contribution in [-0.2, 0) is 44.6 Å². The van der Waals surface area contributed by atoms with Crippen LogP contribution < -0.4 is 0 Å². The largest absolute Gasteiger partial charge is 0.481 e. The molecule has 5 aliphatic rings. The van der Waals surface area contributed by atoms with E-state index in [0.717, 1.165) is 37.7 Å². The number of ether oxygens (including phenoxy) is 7. The zero-order valence-electron chi connectivity index (χ0n) is 34.1. The molecule has 5 saturated heterocycles. The third-order valence-corrected chi connectivity index (χ3v) is 14.2. The van der Waals surface area contributed by atoms with Gasteiger partial charge in [0.25, 0.3) is 0 Å². The monoisotopic (exact) mass is 760 g/mol. The number of aliphatic carboxylic acids is 1. The van der Waals surface area contributed by atoms with Crippen LogP contribution in [0.1, 0.15) is 112 Å². The van der Waals surface area contributed by atoms with Crippen LogP contribution in [0.3, 0.4) is 0 Å². The maximum absolute atomic E-state index is 11.9. The van der Waals surface area contributed by atoms with Gasteiger partial charge < -0.3 is 48.5 Å². The number of hydrogen-bond donors (Lipinski definition) is 3. The van der Waals surface area contributed by atoms with Crippen molar-refractivity contribution >= 4 is 5.97 Å². The van der Waals surface area contributed by atoms with Crippen LogP contribution in [0.4, 0.5) is 0 Å². The number of methoxy groups -OCH3 is 1. The average molecular weight is 761 g/mol. The highest BCUT2D eigenvalue weighted by Gasteiger charge is 2.62. The maximum Gasteiger partial charge on any atom is 0.308 e. The van der Waals surface area contributed by atoms with Gasteiger partial charge in [-0.3, -0.25) is 4.79 Å². The summed E-state index contributed by atoms with van der Waals surface area (Å²) in [6, 6.07) is 9.97. The molecule has 0 radical (unpaired) electrons. The van der Waals surface area contributed by atoms with Crippen molar-refractivity contribution in [3.63, 3.8) is 0 Å². The molecular weight excluding hydrogens is 692 g/mol. The smallest absolute Gasteiger partial charge is 0.308 e. The summed E-state index contributed by atoms with van der Waals surface area (Å²) in [5.41, 5.74) is -0.0929. The van der Waals surface area contributed by atoms with Crippen molar-refractivity contribution in [3.8, 4) is 0 Å². The second-order valence-corrected chi connectivity index (χ2v) is 18.1. The second-order valence-electron chi connectivity index (χ2n) is 18.1. The van der Waals surface area contributed by atoms with Gasteiger partial charge in [-0.05, 0) is 69.8 Å². The Labute approximate surface area is 322 Å². The molecule has 17 atom stereocenters. The Bertz CT molecular complexity index is 1410. The number of aliphatic hydroxyl groups excluding tert-OH is 1. The molecule has 5 aliphatic heterocycles. The van der Waals surface area contributed by atoms with Gasteiger partial charge in [0.05, 0.1) is 66.5 Å². The Morgan fingerprint density at radius 2 is 1.72 bits per heavy atom. The van der Waals surface area contributed by atoms with E-state index < -0.39 is 53.0 Å². The van der Waals surface area contributed by atoms with Crippen molar-refractivity contribution in [2.75, 3.05) is 13.7 Å². The minimum atomic E-state index is -1.40. The molecule has 3 N–H and O–H groups in total. The van der Waals surface area contributed by atoms with E-state index in [0.29, 0.717) is 25.9 Å². The van der Waals surface area contributed by atoms with Gasteiger partial charge in [0.1, 0.15) is 6.61 Å². The summed E-state index contributed by atoms with van der Waals surface area (Å²) in [7, 11) is 1.53. The quantitative estimate of drug-likeness (QED) is 0.203. The third kappa shape index (κ3) is 8.05. The van der Waals surface area contributed by atoms with E-state index in [4.69, 9.17) is 33.2 Å². The molecule has 0 aliphatic carbocycles. The number of hydrogen-bond acceptors (Lipinski definition) is 10. The Kier molecular flexibility index (Phi) is 12.7. The first-order valence-electron chi connectivity index (χ1n) is 20.7. The van der Waals surface area contributed by atoms with Crippen LogP contribution in [0.5, 0.6) is 0 Å². The number of carbonyl (C=O) groups is 1. The first-order valence-corrected chi connectivity index (χ1v) is 20.7. The molecule has 1 aromatic rings. The molecule has 0 unspecified atom stereocenters. The summed E-state index contributed by atoms with van der Waals surface area (Å²) >= 11 is 0. The zero-order chi connectivity index (χ0) is 39.2. The lowest BCUT2D eigenvalue weighted by molar-refractivity contribution is -0.336. The number of aliphatic hydroxyl groups is 2. The molecule has 1 aromatic carbocycles. The SMILES string of the molecule is CC[C@@]1([C@@H]2O[C@@H]([C@H]3O[C@@](O)(COCc4ccccc4)[C@H](C)C[C@@H]3C)C[C@@H]2C)CC[C@H]([C@]2(C)CC[C@]3(C[C@H](O)[C@@H](C)[C@@H]([C@@H](C)[C@@H](OC)[C@H](C)C(=O)O)O3)O2)O1. The fourth-order valence-corrected chi connectivity index (χ4v) is 10.8. The highest BCUT2D eigenvalue weighted by atomic mass is 16.7. The van der Waals surface area contributed by atoms with E-state index in [1.54, 1.807) is 6.92 Å². The minimum absolute atomic E-state index is 0.0869. The van der Waals surface area contributed by atoms with Crippen molar-refractivity contribution in [2.45, 2.75) is 179 Å². The van der Waals surface area contributed by atoms with Gasteiger partial charge >= 0.3 is 5.97 Å². The summed E-state index contributed by atoms with van der Waals surface area (Å²) in [6.45, 7) is 16.8. The fraction of sp³-hybridized carbons (Fsp3) is 0.837. The molecule has 0 aromatic heterocycles. The summed E-state index contributed by atoms with van der Waals surface area (Å²) in [4.78, 5) is 11.9. The normalized spacial score (nSPS) is 45.8. The molecule has 306 valence electrons. The molecule has 0 amide bonds. The van der Waals surface area contributed by atoms with E-state index in [2.05, 4.69) is 27.7 Å². The van der Waals surface area contributed by atoms with Gasteiger partial charge in [0.2, 0.25) is 0 Å². The standard InChI is InChI=1S/C43H68O11/c1-10-41(38-26(3)21-33(50-38)35-25(2)20-27(4)43(47,53-35)24-49-23-31-14-12-11-13-15-31)17-16-34(51-41)40(8)18-19-42(54-40)22-32(44)28(5)37(52-42)29(6)36(48-9)30(7)39(45)46/h11-15,25-30,32-38,44,47H,10,16-24H2,1-9H3,(H,45,46)/t25-,26-,27+,28+,29-,30-,32-,33+,34+,35-,36+,37-,38+,40-,41-,42+,43-/m0/s1. The van der Waals surface area contributed by atoms with Gasteiger partial charge in [-0.2, -0.15) is 0 Å². The topological polar surface area (TPSA) is 142 Å². The summed E-state index contributed by atoms with van der Waals surface area (Å²) < 4.78 is 46.3. The van der Waals surface area contributed by atoms with Crippen molar-refractivity contribution in [3.05, 3.63) is 35.9 Å². The highest BCUT2D eigenvalue weighted by Crippen LogP contribution is 2.55. The Morgan fingerprint density at radius 3 is 2.39 bits per heavy atom. The lowest BCUT2D eigenvalue weighted by Crippen LogP contribution is -2.57. The van der Waals surface area contributed by atoms with Gasteiger partial charge in [-0.15, -0.1) is 0 Å². The predicted octanol–water partition coefficient (Wildman–Crippen LogP) is 6.50. The van der Waals surface area contributed by atoms with Crippen LogP contribution >= 0.6 is 0 Å². The molecule has 5 fully saturated rings.